The van der Waals surface area contributed by atoms with Crippen LogP contribution in [0.25, 0.3) is 0 Å². The zero-order valence-corrected chi connectivity index (χ0v) is 11.0. The lowest BCUT2D eigenvalue weighted by atomic mass is 10.00. The molecule has 8 heteroatoms. The van der Waals surface area contributed by atoms with Crippen molar-refractivity contribution < 1.29 is 22.4 Å². The van der Waals surface area contributed by atoms with E-state index in [1.54, 1.807) is 0 Å². The summed E-state index contributed by atoms with van der Waals surface area (Å²) < 4.78 is 51.0. The van der Waals surface area contributed by atoms with Gasteiger partial charge in [-0.25, -0.2) is 9.37 Å². The van der Waals surface area contributed by atoms with Crippen molar-refractivity contribution in [2.24, 2.45) is 5.92 Å². The minimum atomic E-state index is -4.85. The molecule has 2 bridgehead atoms. The Balaban J connectivity index is 1.76. The highest BCUT2D eigenvalue weighted by Gasteiger charge is 2.39. The highest BCUT2D eigenvalue weighted by Crippen LogP contribution is 2.31. The Morgan fingerprint density at radius 1 is 1.38 bits per heavy atom. The third-order valence-electron chi connectivity index (χ3n) is 4.04. The largest absolute Gasteiger partial charge is 0.419 e. The minimum absolute atomic E-state index is 0.0764. The van der Waals surface area contributed by atoms with Crippen LogP contribution in [0.3, 0.4) is 0 Å². The van der Waals surface area contributed by atoms with Gasteiger partial charge >= 0.3 is 6.18 Å². The van der Waals surface area contributed by atoms with Crippen LogP contribution in [0.4, 0.5) is 17.6 Å². The van der Waals surface area contributed by atoms with Crippen molar-refractivity contribution in [2.75, 3.05) is 19.6 Å². The van der Waals surface area contributed by atoms with E-state index in [9.17, 15) is 22.4 Å². The van der Waals surface area contributed by atoms with E-state index in [0.29, 0.717) is 24.7 Å². The number of pyridine rings is 1. The molecule has 2 saturated heterocycles. The molecule has 0 spiro atoms. The van der Waals surface area contributed by atoms with Gasteiger partial charge in [-0.15, -0.1) is 0 Å². The van der Waals surface area contributed by atoms with Crippen LogP contribution in [-0.4, -0.2) is 41.5 Å². The number of rotatable bonds is 2. The predicted octanol–water partition coefficient (Wildman–Crippen LogP) is 1.67. The molecule has 3 rings (SSSR count). The van der Waals surface area contributed by atoms with Crippen LogP contribution < -0.4 is 5.32 Å². The van der Waals surface area contributed by atoms with E-state index in [0.717, 1.165) is 19.5 Å². The second-order valence-electron chi connectivity index (χ2n) is 5.44. The highest BCUT2D eigenvalue weighted by molar-refractivity contribution is 5.92. The Morgan fingerprint density at radius 2 is 2.14 bits per heavy atom. The Bertz CT molecular complexity index is 575. The number of hydrogen-bond donors (Lipinski definition) is 1. The Morgan fingerprint density at radius 3 is 2.71 bits per heavy atom. The quantitative estimate of drug-likeness (QED) is 0.846. The molecule has 0 aliphatic carbocycles. The number of alkyl halides is 3. The molecule has 1 aromatic rings. The van der Waals surface area contributed by atoms with Gasteiger partial charge in [-0.2, -0.15) is 13.2 Å². The molecule has 3 heterocycles. The summed E-state index contributed by atoms with van der Waals surface area (Å²) in [7, 11) is 0. The number of nitrogens with zero attached hydrogens (tertiary/aromatic N) is 2. The van der Waals surface area contributed by atoms with Gasteiger partial charge in [0.25, 0.3) is 5.91 Å². The van der Waals surface area contributed by atoms with Gasteiger partial charge < -0.3 is 10.2 Å². The van der Waals surface area contributed by atoms with Crippen LogP contribution in [-0.2, 0) is 6.18 Å². The van der Waals surface area contributed by atoms with Crippen molar-refractivity contribution in [3.05, 3.63) is 29.3 Å². The summed E-state index contributed by atoms with van der Waals surface area (Å²) in [5.74, 6) is -1.85. The first-order valence-corrected chi connectivity index (χ1v) is 6.60. The summed E-state index contributed by atoms with van der Waals surface area (Å²) in [5.41, 5.74) is -1.89. The number of nitrogens with one attached hydrogen (secondary N) is 1. The number of fused-ring (bicyclic) bond motifs is 2. The van der Waals surface area contributed by atoms with Gasteiger partial charge in [-0.1, -0.05) is 0 Å². The van der Waals surface area contributed by atoms with Gasteiger partial charge in [0.15, 0.2) is 5.82 Å². The number of halogens is 4. The van der Waals surface area contributed by atoms with Crippen LogP contribution in [0.5, 0.6) is 0 Å². The van der Waals surface area contributed by atoms with Crippen LogP contribution in [0.2, 0.25) is 0 Å². The number of amides is 1. The SMILES string of the molecule is O=C(NC1CN2CCC1C2)c1cc(C(F)(F)F)c(F)cn1. The van der Waals surface area contributed by atoms with Crippen LogP contribution in [0.1, 0.15) is 22.5 Å². The van der Waals surface area contributed by atoms with Gasteiger partial charge in [0.1, 0.15) is 5.69 Å². The van der Waals surface area contributed by atoms with Crippen molar-refractivity contribution in [2.45, 2.75) is 18.6 Å². The number of piperidine rings is 1. The molecular weight excluding hydrogens is 290 g/mol. The van der Waals surface area contributed by atoms with Crippen LogP contribution in [0, 0.1) is 11.7 Å². The minimum Gasteiger partial charge on any atom is -0.346 e. The van der Waals surface area contributed by atoms with E-state index >= 15 is 0 Å². The molecule has 0 aromatic carbocycles. The van der Waals surface area contributed by atoms with E-state index < -0.39 is 29.2 Å². The average Bonchev–Trinajstić information content (AvgIpc) is 3.00. The summed E-state index contributed by atoms with van der Waals surface area (Å²) >= 11 is 0. The molecule has 21 heavy (non-hydrogen) atoms. The second kappa shape index (κ2) is 4.94. The summed E-state index contributed by atoms with van der Waals surface area (Å²) in [4.78, 5) is 17.6. The van der Waals surface area contributed by atoms with Gasteiger partial charge in [-0.3, -0.25) is 4.79 Å². The number of carbonyl (C=O) groups excluding carboxylic acids is 1. The van der Waals surface area contributed by atoms with E-state index in [1.807, 2.05) is 0 Å². The Hall–Kier alpha value is -1.70. The Labute approximate surface area is 118 Å². The van der Waals surface area contributed by atoms with Crippen molar-refractivity contribution in [1.29, 1.82) is 0 Å². The molecule has 114 valence electrons. The van der Waals surface area contributed by atoms with Crippen molar-refractivity contribution in [1.82, 2.24) is 15.2 Å². The normalized spacial score (nSPS) is 27.9. The lowest BCUT2D eigenvalue weighted by Gasteiger charge is -2.23. The summed E-state index contributed by atoms with van der Waals surface area (Å²) in [6.45, 7) is 2.59. The van der Waals surface area contributed by atoms with Gasteiger partial charge in [0.2, 0.25) is 0 Å². The number of aromatic nitrogens is 1. The molecule has 1 N–H and O–H groups in total. The number of carbonyl (C=O) groups is 1. The van der Waals surface area contributed by atoms with E-state index in [4.69, 9.17) is 0 Å². The fourth-order valence-corrected chi connectivity index (χ4v) is 2.97. The van der Waals surface area contributed by atoms with Crippen molar-refractivity contribution >= 4 is 5.91 Å². The van der Waals surface area contributed by atoms with Gasteiger partial charge in [0, 0.05) is 19.1 Å². The maximum atomic E-state index is 13.1. The molecule has 2 fully saturated rings. The molecule has 1 aromatic heterocycles. The van der Waals surface area contributed by atoms with E-state index in [2.05, 4.69) is 15.2 Å². The van der Waals surface area contributed by atoms with Gasteiger partial charge in [-0.05, 0) is 24.9 Å². The van der Waals surface area contributed by atoms with E-state index in [-0.39, 0.29) is 6.04 Å². The fraction of sp³-hybridized carbons (Fsp3) is 0.538. The van der Waals surface area contributed by atoms with Crippen molar-refractivity contribution in [3.63, 3.8) is 0 Å². The molecule has 2 aliphatic heterocycles. The third-order valence-corrected chi connectivity index (χ3v) is 4.04. The van der Waals surface area contributed by atoms with Crippen LogP contribution in [0.15, 0.2) is 12.3 Å². The highest BCUT2D eigenvalue weighted by atomic mass is 19.4. The summed E-state index contributed by atoms with van der Waals surface area (Å²) in [6, 6.07) is 0.380. The molecule has 3 atom stereocenters. The molecule has 4 nitrogen and oxygen atoms in total. The molecular formula is C13H13F4N3O. The maximum absolute atomic E-state index is 13.1. The molecule has 0 saturated carbocycles. The topological polar surface area (TPSA) is 45.2 Å². The third kappa shape index (κ3) is 2.72. The molecule has 2 aliphatic rings. The fourth-order valence-electron chi connectivity index (χ4n) is 2.97. The zero-order chi connectivity index (χ0) is 15.2. The molecule has 0 radical (unpaired) electrons. The average molecular weight is 303 g/mol. The first kappa shape index (κ1) is 14.2. The molecule has 1 amide bonds. The standard InChI is InChI=1S/C13H13F4N3O/c14-9-4-18-10(3-8(9)13(15,16)17)12(21)19-11-6-20-2-1-7(11)5-20/h3-4,7,11H,1-2,5-6H2,(H,19,21). The maximum Gasteiger partial charge on any atom is 0.419 e. The monoisotopic (exact) mass is 303 g/mol. The molecule has 3 unspecified atom stereocenters. The summed E-state index contributed by atoms with van der Waals surface area (Å²) in [5, 5.41) is 2.69. The Kier molecular flexibility index (Phi) is 3.35. The van der Waals surface area contributed by atoms with Gasteiger partial charge in [0.05, 0.1) is 11.8 Å². The summed E-state index contributed by atoms with van der Waals surface area (Å²) in [6.07, 6.45) is -3.45. The lowest BCUT2D eigenvalue weighted by molar-refractivity contribution is -0.140. The van der Waals surface area contributed by atoms with E-state index in [1.165, 1.54) is 0 Å². The zero-order valence-electron chi connectivity index (χ0n) is 11.0. The number of hydrogen-bond acceptors (Lipinski definition) is 3. The first-order chi connectivity index (χ1) is 9.84. The van der Waals surface area contributed by atoms with Crippen molar-refractivity contribution in [3.8, 4) is 0 Å². The smallest absolute Gasteiger partial charge is 0.346 e. The predicted molar refractivity (Wildman–Crippen MR) is 65.0 cm³/mol. The first-order valence-electron chi connectivity index (χ1n) is 6.60. The second-order valence-corrected chi connectivity index (χ2v) is 5.44. The van der Waals surface area contributed by atoms with Crippen LogP contribution >= 0.6 is 0 Å². The lowest BCUT2D eigenvalue weighted by Crippen LogP contribution is -2.43.